The van der Waals surface area contributed by atoms with Crippen molar-refractivity contribution >= 4 is 17.0 Å². The zero-order valence-electron chi connectivity index (χ0n) is 18.4. The molecular formula is C22H21N3O3. The Bertz CT molecular complexity index is 1280. The van der Waals surface area contributed by atoms with Gasteiger partial charge >= 0.3 is 6.09 Å². The number of rotatable bonds is 1. The number of nitrogens with zero attached hydrogens (tertiary/aromatic N) is 3. The largest absolute Gasteiger partial charge is 0.447 e. The van der Waals surface area contributed by atoms with E-state index < -0.39 is 12.5 Å². The van der Waals surface area contributed by atoms with Crippen LogP contribution in [0.4, 0.5) is 4.79 Å². The van der Waals surface area contributed by atoms with Crippen LogP contribution in [0.2, 0.25) is 0 Å². The lowest BCUT2D eigenvalue weighted by atomic mass is 9.76. The molecule has 1 spiro atoms. The van der Waals surface area contributed by atoms with Gasteiger partial charge < -0.3 is 14.2 Å². The Morgan fingerprint density at radius 1 is 1.21 bits per heavy atom. The van der Waals surface area contributed by atoms with Gasteiger partial charge in [-0.1, -0.05) is 6.07 Å². The summed E-state index contributed by atoms with van der Waals surface area (Å²) in [6, 6.07) is 8.35. The molecule has 1 aliphatic carbocycles. The fourth-order valence-electron chi connectivity index (χ4n) is 4.43. The maximum Gasteiger partial charge on any atom is 0.410 e. The Labute approximate surface area is 166 Å². The summed E-state index contributed by atoms with van der Waals surface area (Å²) in [5.41, 5.74) is 3.64. The van der Waals surface area contributed by atoms with Crippen molar-refractivity contribution in [2.24, 2.45) is 6.98 Å². The molecule has 142 valence electrons. The lowest BCUT2D eigenvalue weighted by Crippen LogP contribution is -2.49. The summed E-state index contributed by atoms with van der Waals surface area (Å²) in [7, 11) is 1.78. The fraction of sp³-hybridized carbons (Fsp3) is 0.318. The number of aromatic nitrogens is 2. The van der Waals surface area contributed by atoms with E-state index in [1.54, 1.807) is 24.1 Å². The number of fused-ring (bicyclic) bond motifs is 2. The van der Waals surface area contributed by atoms with Crippen molar-refractivity contribution in [3.8, 4) is 11.1 Å². The van der Waals surface area contributed by atoms with Gasteiger partial charge in [-0.3, -0.25) is 9.78 Å². The van der Waals surface area contributed by atoms with Gasteiger partial charge in [0.1, 0.15) is 6.61 Å². The Morgan fingerprint density at radius 2 is 2.11 bits per heavy atom. The third kappa shape index (κ3) is 2.37. The Balaban J connectivity index is 1.59. The number of ether oxygens (including phenoxy) is 1. The van der Waals surface area contributed by atoms with Crippen LogP contribution in [0.1, 0.15) is 21.7 Å². The second kappa shape index (κ2) is 5.92. The van der Waals surface area contributed by atoms with Gasteiger partial charge in [-0.15, -0.1) is 0 Å². The summed E-state index contributed by atoms with van der Waals surface area (Å²) in [6.07, 6.45) is 5.63. The zero-order chi connectivity index (χ0) is 22.0. The van der Waals surface area contributed by atoms with Crippen molar-refractivity contribution < 1.29 is 13.6 Å². The van der Waals surface area contributed by atoms with E-state index in [2.05, 4.69) is 4.98 Å². The van der Waals surface area contributed by atoms with Gasteiger partial charge in [0.2, 0.25) is 0 Å². The summed E-state index contributed by atoms with van der Waals surface area (Å²) in [5, 5.41) is 0.674. The molecule has 1 aliphatic heterocycles. The highest BCUT2D eigenvalue weighted by atomic mass is 16.6. The van der Waals surface area contributed by atoms with Crippen LogP contribution in [0.5, 0.6) is 0 Å². The van der Waals surface area contributed by atoms with Crippen LogP contribution in [-0.4, -0.2) is 39.7 Å². The van der Waals surface area contributed by atoms with E-state index in [0.717, 1.165) is 34.1 Å². The molecule has 0 radical (unpaired) electrons. The first-order chi connectivity index (χ1) is 14.7. The summed E-state index contributed by atoms with van der Waals surface area (Å²) in [6.45, 7) is -2.17. The first-order valence-corrected chi connectivity index (χ1v) is 9.23. The molecule has 2 aromatic heterocycles. The molecule has 1 amide bonds. The van der Waals surface area contributed by atoms with Crippen molar-refractivity contribution in [1.82, 2.24) is 14.5 Å². The zero-order valence-corrected chi connectivity index (χ0v) is 15.4. The minimum atomic E-state index is -2.55. The van der Waals surface area contributed by atoms with Gasteiger partial charge in [-0.2, -0.15) is 0 Å². The Hall–Kier alpha value is -3.15. The molecule has 28 heavy (non-hydrogen) atoms. The maximum atomic E-state index is 12.2. The average Bonchev–Trinajstić information content (AvgIpc) is 3.00. The van der Waals surface area contributed by atoms with Crippen molar-refractivity contribution in [2.75, 3.05) is 13.7 Å². The number of carbonyl (C=O) groups is 1. The van der Waals surface area contributed by atoms with E-state index >= 15 is 0 Å². The monoisotopic (exact) mass is 378 g/mol. The molecule has 6 heteroatoms. The SMILES string of the molecule is [2H]C([2H])([2H])n1c(=O)ccc2cc(-c3cncc4c3CC[C@]3(COC(=O)N3C)C4)ccc21. The van der Waals surface area contributed by atoms with Crippen LogP contribution < -0.4 is 5.56 Å². The molecule has 3 aromatic rings. The number of aryl methyl sites for hydroxylation is 1. The summed E-state index contributed by atoms with van der Waals surface area (Å²) < 4.78 is 29.2. The van der Waals surface area contributed by atoms with Crippen LogP contribution in [0, 0.1) is 0 Å². The minimum Gasteiger partial charge on any atom is -0.447 e. The summed E-state index contributed by atoms with van der Waals surface area (Å²) >= 11 is 0. The van der Waals surface area contributed by atoms with Crippen molar-refractivity contribution in [3.63, 3.8) is 0 Å². The number of likely N-dealkylation sites (N-methyl/N-ethyl adjacent to an activating group) is 1. The molecule has 0 saturated carbocycles. The smallest absolute Gasteiger partial charge is 0.410 e. The van der Waals surface area contributed by atoms with Crippen molar-refractivity contribution in [3.05, 3.63) is 64.2 Å². The van der Waals surface area contributed by atoms with E-state index in [1.165, 1.54) is 11.6 Å². The highest BCUT2D eigenvalue weighted by Crippen LogP contribution is 2.40. The number of benzene rings is 1. The highest BCUT2D eigenvalue weighted by molar-refractivity contribution is 5.85. The Kier molecular flexibility index (Phi) is 2.95. The average molecular weight is 378 g/mol. The number of cyclic esters (lactones) is 1. The number of amides is 1. The molecular weight excluding hydrogens is 354 g/mol. The van der Waals surface area contributed by atoms with E-state index in [0.29, 0.717) is 23.9 Å². The molecule has 0 N–H and O–H groups in total. The molecule has 1 saturated heterocycles. The van der Waals surface area contributed by atoms with Gasteiger partial charge in [0, 0.05) is 48.6 Å². The molecule has 1 atom stereocenters. The predicted octanol–water partition coefficient (Wildman–Crippen LogP) is 2.91. The van der Waals surface area contributed by atoms with Crippen molar-refractivity contribution in [2.45, 2.75) is 24.8 Å². The second-order valence-electron chi connectivity index (χ2n) is 7.62. The maximum absolute atomic E-state index is 12.2. The Morgan fingerprint density at radius 3 is 2.89 bits per heavy atom. The number of carbonyl (C=O) groups excluding carboxylic acids is 1. The normalized spacial score (nSPS) is 23.2. The molecule has 0 bridgehead atoms. The molecule has 1 aromatic carbocycles. The molecule has 2 aliphatic rings. The van der Waals surface area contributed by atoms with Gasteiger partial charge in [-0.25, -0.2) is 4.79 Å². The molecule has 0 unspecified atom stereocenters. The standard InChI is InChI=1S/C22H21N3O3/c1-24-19-5-3-14(9-15(19)4-6-20(24)26)18-12-23-11-16-10-22(8-7-17(16)18)13-28-21(27)25(22)2/h3-6,9,11-12H,7-8,10,13H2,1-2H3/t22-/m1/s1/i1D3. The third-order valence-corrected chi connectivity index (χ3v) is 6.16. The molecule has 6 nitrogen and oxygen atoms in total. The van der Waals surface area contributed by atoms with E-state index in [1.807, 2.05) is 24.5 Å². The predicted molar refractivity (Wildman–Crippen MR) is 106 cm³/mol. The van der Waals surface area contributed by atoms with Crippen LogP contribution >= 0.6 is 0 Å². The van der Waals surface area contributed by atoms with Crippen molar-refractivity contribution in [1.29, 1.82) is 0 Å². The quantitative estimate of drug-likeness (QED) is 0.653. The van der Waals surface area contributed by atoms with Gasteiger partial charge in [0.05, 0.1) is 11.1 Å². The number of hydrogen-bond donors (Lipinski definition) is 0. The molecule has 5 rings (SSSR count). The topological polar surface area (TPSA) is 64.4 Å². The van der Waals surface area contributed by atoms with Gasteiger partial charge in [-0.05, 0) is 53.1 Å². The fourth-order valence-corrected chi connectivity index (χ4v) is 4.43. The van der Waals surface area contributed by atoms with Crippen LogP contribution in [-0.2, 0) is 24.6 Å². The second-order valence-corrected chi connectivity index (χ2v) is 7.62. The number of hydrogen-bond acceptors (Lipinski definition) is 4. The highest BCUT2D eigenvalue weighted by Gasteiger charge is 2.47. The minimum absolute atomic E-state index is 0.289. The first-order valence-electron chi connectivity index (χ1n) is 10.7. The van der Waals surface area contributed by atoms with Crippen LogP contribution in [0.15, 0.2) is 47.5 Å². The summed E-state index contributed by atoms with van der Waals surface area (Å²) in [4.78, 5) is 30.2. The molecule has 3 heterocycles. The summed E-state index contributed by atoms with van der Waals surface area (Å²) in [5.74, 6) is 0. The van der Waals surface area contributed by atoms with Crippen LogP contribution in [0.3, 0.4) is 0 Å². The first kappa shape index (κ1) is 13.9. The van der Waals surface area contributed by atoms with E-state index in [9.17, 15) is 9.59 Å². The van der Waals surface area contributed by atoms with Gasteiger partial charge in [0.25, 0.3) is 5.56 Å². The van der Waals surface area contributed by atoms with E-state index in [-0.39, 0.29) is 11.6 Å². The molecule has 1 fully saturated rings. The lowest BCUT2D eigenvalue weighted by molar-refractivity contribution is 0.160. The third-order valence-electron chi connectivity index (χ3n) is 6.16. The van der Waals surface area contributed by atoms with Crippen LogP contribution in [0.25, 0.3) is 22.0 Å². The number of pyridine rings is 2. The van der Waals surface area contributed by atoms with Gasteiger partial charge in [0.15, 0.2) is 0 Å². The van der Waals surface area contributed by atoms with E-state index in [4.69, 9.17) is 8.85 Å². The lowest BCUT2D eigenvalue weighted by Gasteiger charge is -2.38.